The van der Waals surface area contributed by atoms with E-state index in [0.717, 1.165) is 4.80 Å². The maximum Gasteiger partial charge on any atom is 0.277 e. The average Bonchev–Trinajstić information content (AvgIpc) is 2.82. The molecule has 1 aromatic carbocycles. The van der Waals surface area contributed by atoms with Crippen LogP contribution in [0.1, 0.15) is 11.1 Å². The van der Waals surface area contributed by atoms with Gasteiger partial charge in [-0.3, -0.25) is 0 Å². The number of benzene rings is 1. The van der Waals surface area contributed by atoms with E-state index in [9.17, 15) is 8.42 Å². The van der Waals surface area contributed by atoms with Crippen molar-refractivity contribution < 1.29 is 13.5 Å². The highest BCUT2D eigenvalue weighted by Gasteiger charge is 2.19. The molecule has 0 radical (unpaired) electrons. The van der Waals surface area contributed by atoms with Crippen LogP contribution in [0.5, 0.6) is 0 Å². The summed E-state index contributed by atoms with van der Waals surface area (Å²) in [5, 5.41) is 19.6. The summed E-state index contributed by atoms with van der Waals surface area (Å²) < 4.78 is 26.9. The summed E-state index contributed by atoms with van der Waals surface area (Å²) in [6.07, 6.45) is 0. The summed E-state index contributed by atoms with van der Waals surface area (Å²) in [7, 11) is -2.31. The Morgan fingerprint density at radius 2 is 2.19 bits per heavy atom. The van der Waals surface area contributed by atoms with Gasteiger partial charge in [0.25, 0.3) is 16.0 Å². The Kier molecular flexibility index (Phi) is 4.21. The molecule has 0 atom stereocenters. The van der Waals surface area contributed by atoms with Gasteiger partial charge in [0.2, 0.25) is 0 Å². The third-order valence-electron chi connectivity index (χ3n) is 2.52. The van der Waals surface area contributed by atoms with E-state index in [4.69, 9.17) is 5.11 Å². The SMILES string of the molecule is Cc1ccc(C#CCO)cc1S(=O)(=O)Nc1nnn(C)n1. The zero-order chi connectivity index (χ0) is 15.5. The van der Waals surface area contributed by atoms with Crippen LogP contribution in [-0.2, 0) is 17.1 Å². The fourth-order valence-corrected chi connectivity index (χ4v) is 2.82. The Balaban J connectivity index is 2.39. The lowest BCUT2D eigenvalue weighted by Crippen LogP contribution is -2.15. The van der Waals surface area contributed by atoms with E-state index >= 15 is 0 Å². The molecule has 2 rings (SSSR count). The molecule has 0 amide bonds. The maximum absolute atomic E-state index is 12.3. The van der Waals surface area contributed by atoms with Gasteiger partial charge < -0.3 is 5.11 Å². The van der Waals surface area contributed by atoms with Gasteiger partial charge in [-0.15, -0.1) is 5.10 Å². The molecule has 0 aliphatic rings. The summed E-state index contributed by atoms with van der Waals surface area (Å²) in [5.74, 6) is 5.02. The van der Waals surface area contributed by atoms with Gasteiger partial charge in [0, 0.05) is 5.56 Å². The molecule has 2 aromatic rings. The van der Waals surface area contributed by atoms with E-state index in [2.05, 4.69) is 32.0 Å². The van der Waals surface area contributed by atoms with Gasteiger partial charge in [-0.05, 0) is 29.8 Å². The van der Waals surface area contributed by atoms with Crippen LogP contribution in [0.2, 0.25) is 0 Å². The summed E-state index contributed by atoms with van der Waals surface area (Å²) in [6.45, 7) is 1.37. The Bertz CT molecular complexity index is 817. The topological polar surface area (TPSA) is 110 Å². The van der Waals surface area contributed by atoms with Crippen molar-refractivity contribution in [3.63, 3.8) is 0 Å². The second-order valence-corrected chi connectivity index (χ2v) is 5.80. The number of aliphatic hydroxyl groups excluding tert-OH is 1. The minimum absolute atomic E-state index is 0.0692. The predicted molar refractivity (Wildman–Crippen MR) is 74.7 cm³/mol. The van der Waals surface area contributed by atoms with Gasteiger partial charge in [-0.1, -0.05) is 23.0 Å². The van der Waals surface area contributed by atoms with Gasteiger partial charge in [0.1, 0.15) is 6.61 Å². The molecule has 0 unspecified atom stereocenters. The van der Waals surface area contributed by atoms with Gasteiger partial charge in [0.05, 0.1) is 11.9 Å². The number of aryl methyl sites for hydroxylation is 2. The van der Waals surface area contributed by atoms with E-state index in [0.29, 0.717) is 11.1 Å². The lowest BCUT2D eigenvalue weighted by atomic mass is 10.1. The standard InChI is InChI=1S/C12H13N5O3S/c1-9-5-6-10(4-3-7-18)8-11(9)21(19,20)15-12-13-16-17(2)14-12/h5-6,8,18H,7H2,1-2H3,(H,14,15). The highest BCUT2D eigenvalue weighted by atomic mass is 32.2. The van der Waals surface area contributed by atoms with Crippen molar-refractivity contribution in [2.24, 2.45) is 7.05 Å². The zero-order valence-electron chi connectivity index (χ0n) is 11.4. The Hall–Kier alpha value is -2.44. The quantitative estimate of drug-likeness (QED) is 0.751. The highest BCUT2D eigenvalue weighted by Crippen LogP contribution is 2.18. The normalized spacial score (nSPS) is 10.8. The van der Waals surface area contributed by atoms with Crippen molar-refractivity contribution in [2.75, 3.05) is 11.3 Å². The molecule has 0 aliphatic heterocycles. The fraction of sp³-hybridized carbons (Fsp3) is 0.250. The monoisotopic (exact) mass is 307 g/mol. The van der Waals surface area contributed by atoms with Gasteiger partial charge in [0.15, 0.2) is 0 Å². The molecule has 110 valence electrons. The number of tetrazole rings is 1. The first-order valence-corrected chi connectivity index (χ1v) is 7.38. The fourth-order valence-electron chi connectivity index (χ4n) is 1.61. The van der Waals surface area contributed by atoms with Crippen molar-refractivity contribution in [1.29, 1.82) is 0 Å². The molecule has 1 aromatic heterocycles. The number of hydrogen-bond donors (Lipinski definition) is 2. The smallest absolute Gasteiger partial charge is 0.277 e. The largest absolute Gasteiger partial charge is 0.384 e. The Morgan fingerprint density at radius 3 is 2.81 bits per heavy atom. The lowest BCUT2D eigenvalue weighted by Gasteiger charge is -2.08. The number of rotatable bonds is 3. The van der Waals surface area contributed by atoms with Crippen LogP contribution in [0.3, 0.4) is 0 Å². The molecule has 2 N–H and O–H groups in total. The molecule has 0 saturated heterocycles. The molecule has 1 heterocycles. The minimum atomic E-state index is -3.84. The second-order valence-electron chi connectivity index (χ2n) is 4.15. The second kappa shape index (κ2) is 5.90. The third kappa shape index (κ3) is 3.56. The number of aliphatic hydroxyl groups is 1. The van der Waals surface area contributed by atoms with E-state index in [1.54, 1.807) is 19.1 Å². The molecule has 0 bridgehead atoms. The van der Waals surface area contributed by atoms with E-state index < -0.39 is 10.0 Å². The first kappa shape index (κ1) is 15.0. The van der Waals surface area contributed by atoms with Gasteiger partial charge in [-0.2, -0.15) is 4.80 Å². The molecular weight excluding hydrogens is 294 g/mol. The van der Waals surface area contributed by atoms with E-state index in [1.165, 1.54) is 13.1 Å². The first-order chi connectivity index (χ1) is 9.92. The van der Waals surface area contributed by atoms with Crippen molar-refractivity contribution >= 4 is 16.0 Å². The van der Waals surface area contributed by atoms with Crippen molar-refractivity contribution in [1.82, 2.24) is 20.2 Å². The molecule has 8 nitrogen and oxygen atoms in total. The molecule has 0 saturated carbocycles. The molecule has 0 spiro atoms. The van der Waals surface area contributed by atoms with Crippen LogP contribution in [-0.4, -0.2) is 40.3 Å². The molecule has 9 heteroatoms. The zero-order valence-corrected chi connectivity index (χ0v) is 12.2. The molecule has 0 aliphatic carbocycles. The van der Waals surface area contributed by atoms with Gasteiger partial charge in [-0.25, -0.2) is 13.1 Å². The van der Waals surface area contributed by atoms with Crippen LogP contribution in [0, 0.1) is 18.8 Å². The number of hydrogen-bond acceptors (Lipinski definition) is 6. The lowest BCUT2D eigenvalue weighted by molar-refractivity contribution is 0.350. The number of sulfonamides is 1. The molecule has 21 heavy (non-hydrogen) atoms. The van der Waals surface area contributed by atoms with Crippen LogP contribution in [0.25, 0.3) is 0 Å². The number of anilines is 1. The van der Waals surface area contributed by atoms with Crippen molar-refractivity contribution in [3.8, 4) is 11.8 Å². The highest BCUT2D eigenvalue weighted by molar-refractivity contribution is 7.92. The first-order valence-electron chi connectivity index (χ1n) is 5.89. The van der Waals surface area contributed by atoms with Crippen LogP contribution in [0.4, 0.5) is 5.95 Å². The number of aromatic nitrogens is 4. The average molecular weight is 307 g/mol. The van der Waals surface area contributed by atoms with Crippen LogP contribution >= 0.6 is 0 Å². The summed E-state index contributed by atoms with van der Waals surface area (Å²) in [5.41, 5.74) is 1.04. The Labute approximate surface area is 121 Å². The minimum Gasteiger partial charge on any atom is -0.384 e. The summed E-state index contributed by atoms with van der Waals surface area (Å²) >= 11 is 0. The predicted octanol–water partition coefficient (Wildman–Crippen LogP) is -0.337. The molecule has 0 fully saturated rings. The van der Waals surface area contributed by atoms with E-state index in [1.807, 2.05) is 0 Å². The van der Waals surface area contributed by atoms with Crippen LogP contribution < -0.4 is 4.72 Å². The van der Waals surface area contributed by atoms with Crippen molar-refractivity contribution in [3.05, 3.63) is 29.3 Å². The number of nitrogens with zero attached hydrogens (tertiary/aromatic N) is 4. The Morgan fingerprint density at radius 1 is 1.43 bits per heavy atom. The van der Waals surface area contributed by atoms with E-state index in [-0.39, 0.29) is 17.5 Å². The summed E-state index contributed by atoms with van der Waals surface area (Å²) in [4.78, 5) is 1.22. The third-order valence-corrected chi connectivity index (χ3v) is 3.99. The molecular formula is C12H13N5O3S. The van der Waals surface area contributed by atoms with Crippen molar-refractivity contribution in [2.45, 2.75) is 11.8 Å². The summed E-state index contributed by atoms with van der Waals surface area (Å²) in [6, 6.07) is 4.74. The van der Waals surface area contributed by atoms with Crippen LogP contribution in [0.15, 0.2) is 23.1 Å². The number of nitrogens with one attached hydrogen (secondary N) is 1. The maximum atomic E-state index is 12.3. The van der Waals surface area contributed by atoms with Gasteiger partial charge >= 0.3 is 0 Å².